The van der Waals surface area contributed by atoms with Gasteiger partial charge in [-0.05, 0) is 12.1 Å². The van der Waals surface area contributed by atoms with Crippen LogP contribution in [0.5, 0.6) is 0 Å². The number of aryl methyl sites for hydroxylation is 1. The lowest BCUT2D eigenvalue weighted by molar-refractivity contribution is 0.112. The summed E-state index contributed by atoms with van der Waals surface area (Å²) >= 11 is 5.88. The summed E-state index contributed by atoms with van der Waals surface area (Å²) in [5, 5.41) is 4.32. The number of aromatic nitrogens is 2. The quantitative estimate of drug-likeness (QED) is 0.754. The van der Waals surface area contributed by atoms with Crippen molar-refractivity contribution in [2.45, 2.75) is 0 Å². The number of hydrogen-bond acceptors (Lipinski definition) is 2. The fourth-order valence-corrected chi connectivity index (χ4v) is 1.65. The van der Waals surface area contributed by atoms with Crippen LogP contribution in [-0.2, 0) is 7.05 Å². The summed E-state index contributed by atoms with van der Waals surface area (Å²) in [6.07, 6.45) is 0.621. The third kappa shape index (κ3) is 1.72. The average Bonchev–Trinajstić information content (AvgIpc) is 2.55. The van der Waals surface area contributed by atoms with Gasteiger partial charge in [0.2, 0.25) is 0 Å². The number of benzene rings is 1. The van der Waals surface area contributed by atoms with Crippen molar-refractivity contribution in [1.82, 2.24) is 9.78 Å². The van der Waals surface area contributed by atoms with Gasteiger partial charge in [0.1, 0.15) is 16.7 Å². The Balaban J connectivity index is 2.64. The molecule has 0 bridgehead atoms. The molecule has 2 aromatic rings. The second-order valence-corrected chi connectivity index (χ2v) is 3.66. The standard InChI is InChI=1S/C11H8ClFN2O/c1-15-11(12)9(6-16)10(14-15)7-3-2-4-8(13)5-7/h2-6H,1H3. The van der Waals surface area contributed by atoms with Crippen molar-refractivity contribution < 1.29 is 9.18 Å². The van der Waals surface area contributed by atoms with Crippen molar-refractivity contribution in [3.05, 3.63) is 40.8 Å². The van der Waals surface area contributed by atoms with Gasteiger partial charge in [0, 0.05) is 12.6 Å². The molecule has 0 saturated carbocycles. The van der Waals surface area contributed by atoms with Crippen molar-refractivity contribution in [3.8, 4) is 11.3 Å². The number of nitrogens with zero attached hydrogens (tertiary/aromatic N) is 2. The van der Waals surface area contributed by atoms with Crippen LogP contribution in [0.1, 0.15) is 10.4 Å². The van der Waals surface area contributed by atoms with Gasteiger partial charge < -0.3 is 0 Å². The Labute approximate surface area is 96.5 Å². The zero-order valence-corrected chi connectivity index (χ0v) is 9.20. The van der Waals surface area contributed by atoms with E-state index in [1.807, 2.05) is 0 Å². The number of aldehydes is 1. The number of halogens is 2. The van der Waals surface area contributed by atoms with E-state index in [-0.39, 0.29) is 16.5 Å². The second kappa shape index (κ2) is 4.06. The van der Waals surface area contributed by atoms with E-state index in [1.165, 1.54) is 16.8 Å². The fourth-order valence-electron chi connectivity index (χ4n) is 1.47. The minimum Gasteiger partial charge on any atom is -0.298 e. The highest BCUT2D eigenvalue weighted by atomic mass is 35.5. The minimum absolute atomic E-state index is 0.245. The molecule has 0 saturated heterocycles. The van der Waals surface area contributed by atoms with Crippen LogP contribution in [0, 0.1) is 5.82 Å². The first-order valence-corrected chi connectivity index (χ1v) is 4.95. The lowest BCUT2D eigenvalue weighted by Gasteiger charge is -1.97. The van der Waals surface area contributed by atoms with E-state index >= 15 is 0 Å². The molecule has 16 heavy (non-hydrogen) atoms. The summed E-state index contributed by atoms with van der Waals surface area (Å²) in [5.41, 5.74) is 1.20. The molecule has 0 N–H and O–H groups in total. The first-order chi connectivity index (χ1) is 7.63. The molecule has 1 aromatic carbocycles. The van der Waals surface area contributed by atoms with Crippen LogP contribution in [0.3, 0.4) is 0 Å². The molecular formula is C11H8ClFN2O. The summed E-state index contributed by atoms with van der Waals surface area (Å²) in [6.45, 7) is 0. The highest BCUT2D eigenvalue weighted by Crippen LogP contribution is 2.26. The molecule has 0 atom stereocenters. The van der Waals surface area contributed by atoms with Crippen LogP contribution in [0.2, 0.25) is 5.15 Å². The van der Waals surface area contributed by atoms with Crippen molar-refractivity contribution in [2.24, 2.45) is 7.05 Å². The SMILES string of the molecule is Cn1nc(-c2cccc(F)c2)c(C=O)c1Cl. The molecule has 82 valence electrons. The first-order valence-electron chi connectivity index (χ1n) is 4.57. The average molecular weight is 239 g/mol. The Kier molecular flexibility index (Phi) is 2.75. The largest absolute Gasteiger partial charge is 0.298 e. The van der Waals surface area contributed by atoms with Gasteiger partial charge in [0.15, 0.2) is 6.29 Å². The Morgan fingerprint density at radius 2 is 2.25 bits per heavy atom. The highest BCUT2D eigenvalue weighted by Gasteiger charge is 2.15. The molecule has 0 unspecified atom stereocenters. The van der Waals surface area contributed by atoms with Gasteiger partial charge >= 0.3 is 0 Å². The van der Waals surface area contributed by atoms with Crippen molar-refractivity contribution in [2.75, 3.05) is 0 Å². The van der Waals surface area contributed by atoms with Gasteiger partial charge in [-0.3, -0.25) is 9.48 Å². The van der Waals surface area contributed by atoms with E-state index < -0.39 is 0 Å². The lowest BCUT2D eigenvalue weighted by Crippen LogP contribution is -1.89. The molecule has 1 heterocycles. The van der Waals surface area contributed by atoms with E-state index in [4.69, 9.17) is 11.6 Å². The predicted octanol–water partition coefficient (Wildman–Crippen LogP) is 2.69. The third-order valence-corrected chi connectivity index (χ3v) is 2.68. The molecule has 0 amide bonds. The summed E-state index contributed by atoms with van der Waals surface area (Å²) < 4.78 is 14.4. The van der Waals surface area contributed by atoms with Crippen molar-refractivity contribution in [3.63, 3.8) is 0 Å². The number of carbonyl (C=O) groups is 1. The molecule has 0 aliphatic carbocycles. The smallest absolute Gasteiger partial charge is 0.155 e. The summed E-state index contributed by atoms with van der Waals surface area (Å²) in [6, 6.07) is 5.87. The maximum absolute atomic E-state index is 13.0. The molecule has 0 spiro atoms. The molecular weight excluding hydrogens is 231 g/mol. The normalized spacial score (nSPS) is 10.4. The molecule has 0 radical (unpaired) electrons. The monoisotopic (exact) mass is 238 g/mol. The molecule has 0 aliphatic rings. The first kappa shape index (κ1) is 10.8. The van der Waals surface area contributed by atoms with Crippen molar-refractivity contribution >= 4 is 17.9 Å². The van der Waals surface area contributed by atoms with Crippen LogP contribution >= 0.6 is 11.6 Å². The molecule has 5 heteroatoms. The molecule has 1 aromatic heterocycles. The van der Waals surface area contributed by atoms with Crippen molar-refractivity contribution in [1.29, 1.82) is 0 Å². The fraction of sp³-hybridized carbons (Fsp3) is 0.0909. The van der Waals surface area contributed by atoms with E-state index in [9.17, 15) is 9.18 Å². The van der Waals surface area contributed by atoms with Crippen LogP contribution in [0.4, 0.5) is 4.39 Å². The van der Waals surface area contributed by atoms with E-state index in [0.29, 0.717) is 17.5 Å². The zero-order valence-electron chi connectivity index (χ0n) is 8.45. The van der Waals surface area contributed by atoms with Crippen LogP contribution in [0.25, 0.3) is 11.3 Å². The Bertz CT molecular complexity index is 551. The topological polar surface area (TPSA) is 34.9 Å². The molecule has 3 nitrogen and oxygen atoms in total. The second-order valence-electron chi connectivity index (χ2n) is 3.30. The number of hydrogen-bond donors (Lipinski definition) is 0. The number of carbonyl (C=O) groups excluding carboxylic acids is 1. The van der Waals surface area contributed by atoms with E-state index in [0.717, 1.165) is 0 Å². The van der Waals surface area contributed by atoms with Crippen LogP contribution < -0.4 is 0 Å². The van der Waals surface area contributed by atoms with Gasteiger partial charge in [-0.1, -0.05) is 23.7 Å². The Morgan fingerprint density at radius 1 is 1.50 bits per heavy atom. The van der Waals surface area contributed by atoms with Gasteiger partial charge in [0.05, 0.1) is 5.56 Å². The highest BCUT2D eigenvalue weighted by molar-refractivity contribution is 6.32. The van der Waals surface area contributed by atoms with Gasteiger partial charge in [-0.15, -0.1) is 0 Å². The van der Waals surface area contributed by atoms with Gasteiger partial charge in [-0.2, -0.15) is 5.10 Å². The Hall–Kier alpha value is -1.68. The summed E-state index contributed by atoms with van der Waals surface area (Å²) in [4.78, 5) is 10.9. The summed E-state index contributed by atoms with van der Waals surface area (Å²) in [5.74, 6) is -0.379. The lowest BCUT2D eigenvalue weighted by atomic mass is 10.1. The van der Waals surface area contributed by atoms with Crippen LogP contribution in [-0.4, -0.2) is 16.1 Å². The van der Waals surface area contributed by atoms with Gasteiger partial charge in [0.25, 0.3) is 0 Å². The molecule has 2 rings (SSSR count). The van der Waals surface area contributed by atoms with Gasteiger partial charge in [-0.25, -0.2) is 4.39 Å². The molecule has 0 fully saturated rings. The minimum atomic E-state index is -0.379. The Morgan fingerprint density at radius 3 is 2.88 bits per heavy atom. The third-order valence-electron chi connectivity index (χ3n) is 2.23. The predicted molar refractivity (Wildman–Crippen MR) is 59.0 cm³/mol. The maximum atomic E-state index is 13.0. The summed E-state index contributed by atoms with van der Waals surface area (Å²) in [7, 11) is 1.62. The molecule has 0 aliphatic heterocycles. The maximum Gasteiger partial charge on any atom is 0.155 e. The number of rotatable bonds is 2. The van der Waals surface area contributed by atoms with E-state index in [2.05, 4.69) is 5.10 Å². The zero-order chi connectivity index (χ0) is 11.7. The van der Waals surface area contributed by atoms with E-state index in [1.54, 1.807) is 19.2 Å². The van der Waals surface area contributed by atoms with Crippen LogP contribution in [0.15, 0.2) is 24.3 Å².